The Hall–Kier alpha value is -3.19. The molecule has 12 heteroatoms. The summed E-state index contributed by atoms with van der Waals surface area (Å²) in [5.41, 5.74) is 1.72. The number of unbranched alkanes of at least 4 members (excludes halogenated alkanes) is 2. The number of ether oxygens (including phenoxy) is 3. The number of cyclic esters (lactones) is 1. The molecule has 5 rings (SSSR count). The first-order chi connectivity index (χ1) is 26.8. The highest BCUT2D eigenvalue weighted by atomic mass is 79.9. The van der Waals surface area contributed by atoms with E-state index in [-0.39, 0.29) is 11.5 Å². The van der Waals surface area contributed by atoms with Crippen LogP contribution in [-0.2, 0) is 19.8 Å². The van der Waals surface area contributed by atoms with Crippen LogP contribution in [0.1, 0.15) is 127 Å². The van der Waals surface area contributed by atoms with Gasteiger partial charge >= 0.3 is 17.9 Å². The van der Waals surface area contributed by atoms with E-state index in [4.69, 9.17) is 14.2 Å². The van der Waals surface area contributed by atoms with Gasteiger partial charge in [0.05, 0.1) is 47.8 Å². The van der Waals surface area contributed by atoms with Gasteiger partial charge in [0, 0.05) is 16.7 Å². The monoisotopic (exact) mass is 1020 g/mol. The molecule has 4 aromatic rings. The molecule has 56 heavy (non-hydrogen) atoms. The summed E-state index contributed by atoms with van der Waals surface area (Å²) in [5.74, 6) is -0.509. The van der Waals surface area contributed by atoms with Crippen LogP contribution >= 0.6 is 63.7 Å². The van der Waals surface area contributed by atoms with Crippen molar-refractivity contribution < 1.29 is 38.8 Å². The molecule has 1 heterocycles. The highest BCUT2D eigenvalue weighted by molar-refractivity contribution is 9.11. The average molecular weight is 1020 g/mol. The van der Waals surface area contributed by atoms with Crippen LogP contribution in [0.3, 0.4) is 0 Å². The SMILES string of the molecule is CCCCC(CC)COC(=O)c1ccccc1C(=O)OCC(CC)CCCC.O=C1OC(c2cc(Br)c(O)c(Br)c2)(c2cc(Br)c(O)c(Br)c2)c2ccccc21. The Bertz CT molecular complexity index is 1840. The van der Waals surface area contributed by atoms with E-state index in [9.17, 15) is 24.6 Å². The first-order valence-corrected chi connectivity index (χ1v) is 22.1. The third-order valence-electron chi connectivity index (χ3n) is 9.97. The Morgan fingerprint density at radius 2 is 1.05 bits per heavy atom. The van der Waals surface area contributed by atoms with Crippen LogP contribution in [0.15, 0.2) is 90.7 Å². The number of carbonyl (C=O) groups is 3. The fourth-order valence-electron chi connectivity index (χ4n) is 6.53. The van der Waals surface area contributed by atoms with E-state index in [0.717, 1.165) is 51.4 Å². The van der Waals surface area contributed by atoms with Gasteiger partial charge in [-0.3, -0.25) is 0 Å². The second-order valence-electron chi connectivity index (χ2n) is 13.8. The van der Waals surface area contributed by atoms with E-state index < -0.39 is 23.5 Å². The summed E-state index contributed by atoms with van der Waals surface area (Å²) in [6.45, 7) is 9.34. The number of aromatic hydroxyl groups is 2. The second kappa shape index (κ2) is 21.5. The van der Waals surface area contributed by atoms with E-state index in [1.165, 1.54) is 0 Å². The number of phenols is 2. The molecule has 0 bridgehead atoms. The summed E-state index contributed by atoms with van der Waals surface area (Å²) in [6, 6.07) is 20.8. The molecule has 0 fully saturated rings. The lowest BCUT2D eigenvalue weighted by molar-refractivity contribution is 0.0250. The number of halogens is 4. The van der Waals surface area contributed by atoms with Crippen LogP contribution in [0.5, 0.6) is 11.5 Å². The topological polar surface area (TPSA) is 119 Å². The molecule has 1 aliphatic heterocycles. The number of rotatable bonds is 16. The minimum atomic E-state index is -1.26. The fourth-order valence-corrected chi connectivity index (χ4v) is 8.90. The minimum Gasteiger partial charge on any atom is -0.506 e. The molecule has 2 atom stereocenters. The maximum atomic E-state index is 12.7. The number of hydrogen-bond acceptors (Lipinski definition) is 8. The standard InChI is InChI=1S/C24H38O4.C20H10Br4O4/c1-5-9-13-19(7-3)17-27-23(25)21-15-11-12-16-22(21)24(26)28-18-20(8-4)14-10-6-2;21-13-5-9(6-14(22)17(13)25)20(10-7-15(23)18(26)16(24)8-10)12-4-2-1-3-11(12)19(27)28-20/h11-12,15-16,19-20H,5-10,13-14,17-18H2,1-4H3;1-8,25-26H. The van der Waals surface area contributed by atoms with Crippen LogP contribution in [0, 0.1) is 11.8 Å². The Labute approximate surface area is 363 Å². The van der Waals surface area contributed by atoms with Gasteiger partial charge in [-0.1, -0.05) is 96.6 Å². The molecular weight excluding hydrogens is 976 g/mol. The molecule has 4 aromatic carbocycles. The highest BCUT2D eigenvalue weighted by Gasteiger charge is 2.49. The molecule has 0 saturated heterocycles. The van der Waals surface area contributed by atoms with E-state index in [2.05, 4.69) is 91.4 Å². The van der Waals surface area contributed by atoms with Crippen molar-refractivity contribution in [2.24, 2.45) is 11.8 Å². The lowest BCUT2D eigenvalue weighted by Crippen LogP contribution is -2.29. The van der Waals surface area contributed by atoms with Gasteiger partial charge in [0.1, 0.15) is 11.5 Å². The summed E-state index contributed by atoms with van der Waals surface area (Å²) >= 11 is 13.4. The third-order valence-corrected chi connectivity index (χ3v) is 12.4. The van der Waals surface area contributed by atoms with Gasteiger partial charge in [-0.05, 0) is 131 Å². The van der Waals surface area contributed by atoms with Crippen molar-refractivity contribution in [2.45, 2.75) is 84.7 Å². The molecular formula is C44H48Br4O8. The number of carbonyl (C=O) groups excluding carboxylic acids is 3. The summed E-state index contributed by atoms with van der Waals surface area (Å²) in [6.07, 6.45) is 8.61. The molecule has 2 unspecified atom stereocenters. The zero-order chi connectivity index (χ0) is 41.0. The molecule has 0 radical (unpaired) electrons. The summed E-state index contributed by atoms with van der Waals surface area (Å²) < 4.78 is 18.9. The van der Waals surface area contributed by atoms with Crippen molar-refractivity contribution in [2.75, 3.05) is 13.2 Å². The normalized spacial score (nSPS) is 13.8. The van der Waals surface area contributed by atoms with Crippen molar-refractivity contribution in [1.29, 1.82) is 0 Å². The Morgan fingerprint density at radius 3 is 1.45 bits per heavy atom. The number of benzene rings is 4. The van der Waals surface area contributed by atoms with E-state index in [1.54, 1.807) is 60.7 Å². The third kappa shape index (κ3) is 10.8. The van der Waals surface area contributed by atoms with Gasteiger partial charge in [0.15, 0.2) is 5.60 Å². The lowest BCUT2D eigenvalue weighted by atomic mass is 9.80. The summed E-state index contributed by atoms with van der Waals surface area (Å²) in [4.78, 5) is 37.9. The van der Waals surface area contributed by atoms with E-state index >= 15 is 0 Å². The fraction of sp³-hybridized carbons (Fsp3) is 0.386. The van der Waals surface area contributed by atoms with E-state index in [0.29, 0.717) is 76.3 Å². The quantitative estimate of drug-likeness (QED) is 0.0841. The van der Waals surface area contributed by atoms with Gasteiger partial charge in [-0.15, -0.1) is 0 Å². The smallest absolute Gasteiger partial charge is 0.340 e. The molecule has 2 N–H and O–H groups in total. The van der Waals surface area contributed by atoms with Crippen molar-refractivity contribution in [3.8, 4) is 11.5 Å². The van der Waals surface area contributed by atoms with Gasteiger partial charge in [0.25, 0.3) is 0 Å². The second-order valence-corrected chi connectivity index (χ2v) is 17.2. The molecule has 0 amide bonds. The van der Waals surface area contributed by atoms with Crippen LogP contribution in [0.25, 0.3) is 0 Å². The maximum absolute atomic E-state index is 12.7. The largest absolute Gasteiger partial charge is 0.506 e. The van der Waals surface area contributed by atoms with E-state index in [1.807, 2.05) is 12.1 Å². The molecule has 0 saturated carbocycles. The summed E-state index contributed by atoms with van der Waals surface area (Å²) in [5, 5.41) is 20.3. The number of esters is 3. The maximum Gasteiger partial charge on any atom is 0.340 e. The highest BCUT2D eigenvalue weighted by Crippen LogP contribution is 2.51. The van der Waals surface area contributed by atoms with Crippen LogP contribution in [-0.4, -0.2) is 41.3 Å². The number of hydrogen-bond donors (Lipinski definition) is 2. The van der Waals surface area contributed by atoms with Gasteiger partial charge in [0.2, 0.25) is 0 Å². The van der Waals surface area contributed by atoms with Gasteiger partial charge < -0.3 is 24.4 Å². The molecule has 0 aliphatic carbocycles. The van der Waals surface area contributed by atoms with Crippen molar-refractivity contribution >= 4 is 81.6 Å². The average Bonchev–Trinajstić information content (AvgIpc) is 3.51. The lowest BCUT2D eigenvalue weighted by Gasteiger charge is -2.31. The number of phenolic OH excluding ortho intramolecular Hbond substituents is 2. The Balaban J connectivity index is 0.000000249. The predicted molar refractivity (Wildman–Crippen MR) is 232 cm³/mol. The zero-order valence-electron chi connectivity index (χ0n) is 32.0. The first-order valence-electron chi connectivity index (χ1n) is 19.0. The molecule has 300 valence electrons. The zero-order valence-corrected chi connectivity index (χ0v) is 38.4. The van der Waals surface area contributed by atoms with Crippen molar-refractivity contribution in [1.82, 2.24) is 0 Å². The van der Waals surface area contributed by atoms with Crippen LogP contribution < -0.4 is 0 Å². The minimum absolute atomic E-state index is 0.0459. The molecule has 1 aliphatic rings. The first kappa shape index (κ1) is 45.5. The Morgan fingerprint density at radius 1 is 0.661 bits per heavy atom. The number of fused-ring (bicyclic) bond motifs is 1. The molecule has 8 nitrogen and oxygen atoms in total. The van der Waals surface area contributed by atoms with Crippen LogP contribution in [0.2, 0.25) is 0 Å². The van der Waals surface area contributed by atoms with Crippen molar-refractivity contribution in [3.63, 3.8) is 0 Å². The van der Waals surface area contributed by atoms with Crippen LogP contribution in [0.4, 0.5) is 0 Å². The molecule has 0 aromatic heterocycles. The molecule has 0 spiro atoms. The Kier molecular flexibility index (Phi) is 17.5. The van der Waals surface area contributed by atoms with Crippen molar-refractivity contribution in [3.05, 3.63) is 124 Å². The summed E-state index contributed by atoms with van der Waals surface area (Å²) in [7, 11) is 0. The van der Waals surface area contributed by atoms with Gasteiger partial charge in [-0.2, -0.15) is 0 Å². The van der Waals surface area contributed by atoms with Gasteiger partial charge in [-0.25, -0.2) is 14.4 Å². The predicted octanol–water partition coefficient (Wildman–Crippen LogP) is 13.0.